The molecule has 1 unspecified atom stereocenters. The van der Waals surface area contributed by atoms with E-state index in [9.17, 15) is 0 Å². The van der Waals surface area contributed by atoms with Gasteiger partial charge in [0.2, 0.25) is 0 Å². The summed E-state index contributed by atoms with van der Waals surface area (Å²) in [4.78, 5) is 0. The molecule has 0 aromatic heterocycles. The van der Waals surface area contributed by atoms with Crippen molar-refractivity contribution in [3.63, 3.8) is 0 Å². The largest absolute Gasteiger partial charge is 0.393 e. The average Bonchev–Trinajstić information content (AvgIpc) is 2.60. The minimum atomic E-state index is -2.21. The lowest BCUT2D eigenvalue weighted by Crippen LogP contribution is -2.65. The molecule has 1 heterocycles. The average molecular weight is 339 g/mol. The van der Waals surface area contributed by atoms with Gasteiger partial charge >= 0.3 is 8.56 Å². The summed E-state index contributed by atoms with van der Waals surface area (Å²) in [6.45, 7) is 10.6. The van der Waals surface area contributed by atoms with E-state index in [0.717, 1.165) is 38.7 Å². The highest BCUT2D eigenvalue weighted by Gasteiger charge is 2.58. The van der Waals surface area contributed by atoms with Crippen LogP contribution in [0.15, 0.2) is 36.4 Å². The second-order valence-electron chi connectivity index (χ2n) is 5.76. The quantitative estimate of drug-likeness (QED) is 0.648. The van der Waals surface area contributed by atoms with Gasteiger partial charge in [0.15, 0.2) is 0 Å². The predicted octanol–water partition coefficient (Wildman–Crippen LogP) is 5.10. The summed E-state index contributed by atoms with van der Waals surface area (Å²) in [6.07, 6.45) is 4.57. The van der Waals surface area contributed by atoms with Gasteiger partial charge in [0.1, 0.15) is 5.22 Å². The van der Waals surface area contributed by atoms with Crippen molar-refractivity contribution in [3.8, 4) is 0 Å². The Morgan fingerprint density at radius 2 is 1.30 bits per heavy atom. The zero-order chi connectivity index (χ0) is 17.0. The van der Waals surface area contributed by atoms with E-state index >= 15 is 0 Å². The predicted molar refractivity (Wildman–Crippen MR) is 98.8 cm³/mol. The molecule has 4 heteroatoms. The van der Waals surface area contributed by atoms with Gasteiger partial charge in [0.25, 0.3) is 0 Å². The lowest BCUT2D eigenvalue weighted by molar-refractivity contribution is -0.0426. The van der Waals surface area contributed by atoms with Crippen molar-refractivity contribution in [3.05, 3.63) is 36.4 Å². The molecule has 2 rings (SSSR count). The van der Waals surface area contributed by atoms with E-state index in [0.29, 0.717) is 0 Å². The SMILES string of the molecule is CCOC1(CC)CCCC[Si]1(OCC)OCC.c1ccccc1. The van der Waals surface area contributed by atoms with E-state index < -0.39 is 8.56 Å². The Hall–Kier alpha value is -0.683. The molecule has 0 spiro atoms. The van der Waals surface area contributed by atoms with Gasteiger partial charge in [-0.2, -0.15) is 0 Å². The Kier molecular flexibility index (Phi) is 9.71. The Labute approximate surface area is 143 Å². The van der Waals surface area contributed by atoms with Crippen molar-refractivity contribution >= 4 is 8.56 Å². The van der Waals surface area contributed by atoms with Crippen molar-refractivity contribution in [2.75, 3.05) is 19.8 Å². The smallest absolute Gasteiger partial charge is 0.371 e. The summed E-state index contributed by atoms with van der Waals surface area (Å²) in [5, 5.41) is -0.119. The number of ether oxygens (including phenoxy) is 1. The van der Waals surface area contributed by atoms with Crippen LogP contribution in [0.25, 0.3) is 0 Å². The zero-order valence-corrected chi connectivity index (χ0v) is 16.3. The van der Waals surface area contributed by atoms with Crippen LogP contribution in [0.4, 0.5) is 0 Å². The maximum absolute atomic E-state index is 6.16. The fourth-order valence-electron chi connectivity index (χ4n) is 3.49. The Bertz CT molecular complexity index is 357. The molecule has 132 valence electrons. The van der Waals surface area contributed by atoms with Crippen LogP contribution in [0.5, 0.6) is 0 Å². The molecule has 0 N–H and O–H groups in total. The highest BCUT2D eigenvalue weighted by atomic mass is 28.4. The van der Waals surface area contributed by atoms with E-state index in [1.54, 1.807) is 0 Å². The van der Waals surface area contributed by atoms with Crippen LogP contribution in [-0.2, 0) is 13.6 Å². The molecular formula is C19H34O3Si. The maximum atomic E-state index is 6.16. The fourth-order valence-corrected chi connectivity index (χ4v) is 7.96. The first-order chi connectivity index (χ1) is 11.2. The highest BCUT2D eigenvalue weighted by Crippen LogP contribution is 2.42. The van der Waals surface area contributed by atoms with Crippen LogP contribution < -0.4 is 0 Å². The molecule has 1 saturated heterocycles. The molecule has 0 saturated carbocycles. The van der Waals surface area contributed by atoms with E-state index in [1.807, 2.05) is 36.4 Å². The van der Waals surface area contributed by atoms with Gasteiger partial charge in [-0.15, -0.1) is 0 Å². The standard InChI is InChI=1S/C13H28O3Si.C6H6/c1-5-13(14-6-2)11-9-10-12-17(13,15-7-3)16-8-4;1-2-4-6-5-3-1/h5-12H2,1-4H3;1-6H. The molecule has 0 bridgehead atoms. The van der Waals surface area contributed by atoms with Crippen LogP contribution >= 0.6 is 0 Å². The first kappa shape index (κ1) is 20.4. The van der Waals surface area contributed by atoms with Crippen molar-refractivity contribution < 1.29 is 13.6 Å². The summed E-state index contributed by atoms with van der Waals surface area (Å²) in [5.41, 5.74) is 0. The van der Waals surface area contributed by atoms with Crippen molar-refractivity contribution in [1.82, 2.24) is 0 Å². The van der Waals surface area contributed by atoms with E-state index in [4.69, 9.17) is 13.6 Å². The number of rotatable bonds is 7. The molecule has 3 nitrogen and oxygen atoms in total. The third-order valence-electron chi connectivity index (χ3n) is 4.44. The summed E-state index contributed by atoms with van der Waals surface area (Å²) in [5.74, 6) is 0. The third-order valence-corrected chi connectivity index (χ3v) is 9.10. The Balaban J connectivity index is 0.000000366. The highest BCUT2D eigenvalue weighted by molar-refractivity contribution is 6.70. The van der Waals surface area contributed by atoms with Crippen molar-refractivity contribution in [1.29, 1.82) is 0 Å². The lowest BCUT2D eigenvalue weighted by atomic mass is 10.1. The minimum absolute atomic E-state index is 0.119. The van der Waals surface area contributed by atoms with E-state index in [-0.39, 0.29) is 5.22 Å². The molecule has 1 aromatic rings. The number of benzene rings is 1. The van der Waals surface area contributed by atoms with Crippen molar-refractivity contribution in [2.45, 2.75) is 64.6 Å². The van der Waals surface area contributed by atoms with E-state index in [1.165, 1.54) is 12.8 Å². The van der Waals surface area contributed by atoms with Gasteiger partial charge in [-0.1, -0.05) is 56.2 Å². The van der Waals surface area contributed by atoms with Crippen molar-refractivity contribution in [2.24, 2.45) is 0 Å². The number of hydrogen-bond donors (Lipinski definition) is 0. The molecule has 23 heavy (non-hydrogen) atoms. The first-order valence-electron chi connectivity index (χ1n) is 9.12. The van der Waals surface area contributed by atoms with Gasteiger partial charge in [0, 0.05) is 19.8 Å². The first-order valence-corrected chi connectivity index (χ1v) is 11.1. The molecule has 1 aliphatic rings. The van der Waals surface area contributed by atoms with Gasteiger partial charge in [-0.05, 0) is 39.7 Å². The lowest BCUT2D eigenvalue weighted by Gasteiger charge is -2.49. The van der Waals surface area contributed by atoms with Crippen LogP contribution in [0.1, 0.15) is 53.4 Å². The summed E-state index contributed by atoms with van der Waals surface area (Å²) in [6, 6.07) is 13.1. The molecule has 0 radical (unpaired) electrons. The van der Waals surface area contributed by atoms with Gasteiger partial charge < -0.3 is 13.6 Å². The Morgan fingerprint density at radius 3 is 1.70 bits per heavy atom. The third kappa shape index (κ3) is 5.42. The molecule has 0 aliphatic carbocycles. The second-order valence-corrected chi connectivity index (χ2v) is 9.26. The van der Waals surface area contributed by atoms with Crippen LogP contribution in [0, 0.1) is 0 Å². The second kappa shape index (κ2) is 11.0. The Morgan fingerprint density at radius 1 is 0.783 bits per heavy atom. The topological polar surface area (TPSA) is 27.7 Å². The normalized spacial score (nSPS) is 23.0. The molecule has 1 aliphatic heterocycles. The number of hydrogen-bond acceptors (Lipinski definition) is 3. The molecule has 1 atom stereocenters. The van der Waals surface area contributed by atoms with Crippen LogP contribution in [-0.4, -0.2) is 33.6 Å². The van der Waals surface area contributed by atoms with Gasteiger partial charge in [0.05, 0.1) is 0 Å². The molecule has 1 aromatic carbocycles. The fraction of sp³-hybridized carbons (Fsp3) is 0.684. The summed E-state index contributed by atoms with van der Waals surface area (Å²) < 4.78 is 18.5. The molecular weight excluding hydrogens is 304 g/mol. The van der Waals surface area contributed by atoms with Crippen LogP contribution in [0.2, 0.25) is 6.04 Å². The minimum Gasteiger partial charge on any atom is -0.393 e. The van der Waals surface area contributed by atoms with Crippen LogP contribution in [0.3, 0.4) is 0 Å². The monoisotopic (exact) mass is 338 g/mol. The maximum Gasteiger partial charge on any atom is 0.371 e. The summed E-state index contributed by atoms with van der Waals surface area (Å²) in [7, 11) is -2.21. The van der Waals surface area contributed by atoms with Gasteiger partial charge in [-0.3, -0.25) is 0 Å². The molecule has 1 fully saturated rings. The molecule has 0 amide bonds. The summed E-state index contributed by atoms with van der Waals surface area (Å²) >= 11 is 0. The zero-order valence-electron chi connectivity index (χ0n) is 15.3. The van der Waals surface area contributed by atoms with Gasteiger partial charge in [-0.25, -0.2) is 0 Å². The van der Waals surface area contributed by atoms with E-state index in [2.05, 4.69) is 27.7 Å².